The van der Waals surface area contributed by atoms with Crippen LogP contribution in [-0.2, 0) is 4.79 Å². The van der Waals surface area contributed by atoms with Crippen molar-refractivity contribution in [1.29, 1.82) is 0 Å². The maximum Gasteiger partial charge on any atom is 0.221 e. The van der Waals surface area contributed by atoms with Gasteiger partial charge in [0.05, 0.1) is 19.8 Å². The van der Waals surface area contributed by atoms with Gasteiger partial charge >= 0.3 is 0 Å². The fraction of sp³-hybridized carbons (Fsp3) is 0.500. The minimum Gasteiger partial charge on any atom is -0.493 e. The normalized spacial score (nSPS) is 18.0. The molecule has 2 rings (SSSR count). The topological polar surface area (TPSA) is 47.6 Å². The maximum absolute atomic E-state index is 12.1. The van der Waals surface area contributed by atoms with Gasteiger partial charge < -0.3 is 14.8 Å². The van der Waals surface area contributed by atoms with E-state index < -0.39 is 0 Å². The van der Waals surface area contributed by atoms with Crippen LogP contribution in [0.15, 0.2) is 30.4 Å². The summed E-state index contributed by atoms with van der Waals surface area (Å²) in [4.78, 5) is 12.1. The molecule has 120 valence electrons. The van der Waals surface area contributed by atoms with E-state index in [0.29, 0.717) is 24.7 Å². The lowest BCUT2D eigenvalue weighted by atomic mass is 10.0. The van der Waals surface area contributed by atoms with Crippen molar-refractivity contribution in [3.8, 4) is 11.5 Å². The van der Waals surface area contributed by atoms with Gasteiger partial charge in [-0.3, -0.25) is 4.79 Å². The number of hydrogen-bond donors (Lipinski definition) is 1. The smallest absolute Gasteiger partial charge is 0.221 e. The minimum atomic E-state index is -0.0533. The van der Waals surface area contributed by atoms with Gasteiger partial charge in [0, 0.05) is 6.42 Å². The Morgan fingerprint density at radius 2 is 2.23 bits per heavy atom. The molecule has 0 fully saturated rings. The van der Waals surface area contributed by atoms with Gasteiger partial charge in [-0.15, -0.1) is 0 Å². The molecule has 1 amide bonds. The van der Waals surface area contributed by atoms with Gasteiger partial charge in [-0.2, -0.15) is 0 Å². The van der Waals surface area contributed by atoms with Crippen molar-refractivity contribution in [3.05, 3.63) is 35.9 Å². The van der Waals surface area contributed by atoms with Crippen LogP contribution < -0.4 is 14.8 Å². The Morgan fingerprint density at radius 1 is 1.41 bits per heavy atom. The summed E-state index contributed by atoms with van der Waals surface area (Å²) in [5.74, 6) is 1.90. The average molecular weight is 303 g/mol. The Labute approximate surface area is 132 Å². The van der Waals surface area contributed by atoms with Gasteiger partial charge in [-0.1, -0.05) is 18.2 Å². The van der Waals surface area contributed by atoms with E-state index in [4.69, 9.17) is 9.47 Å². The van der Waals surface area contributed by atoms with E-state index in [1.807, 2.05) is 32.0 Å². The number of nitrogens with one attached hydrogen (secondary N) is 1. The number of carbonyl (C=O) groups is 1. The van der Waals surface area contributed by atoms with Crippen LogP contribution in [0.25, 0.3) is 0 Å². The minimum absolute atomic E-state index is 0.0533. The molecular formula is C18H25NO3. The van der Waals surface area contributed by atoms with Crippen LogP contribution in [0.5, 0.6) is 11.5 Å². The van der Waals surface area contributed by atoms with Crippen LogP contribution in [0.3, 0.4) is 0 Å². The molecular weight excluding hydrogens is 278 g/mol. The summed E-state index contributed by atoms with van der Waals surface area (Å²) in [6.07, 6.45) is 7.03. The van der Waals surface area contributed by atoms with Crippen molar-refractivity contribution in [2.75, 3.05) is 13.7 Å². The quantitative estimate of drug-likeness (QED) is 0.783. The summed E-state index contributed by atoms with van der Waals surface area (Å²) in [6, 6.07) is 5.72. The van der Waals surface area contributed by atoms with Gasteiger partial charge in [-0.05, 0) is 50.3 Å². The fourth-order valence-electron chi connectivity index (χ4n) is 2.72. The molecule has 0 saturated carbocycles. The highest BCUT2D eigenvalue weighted by Crippen LogP contribution is 2.30. The van der Waals surface area contributed by atoms with Crippen molar-refractivity contribution in [2.24, 2.45) is 5.92 Å². The summed E-state index contributed by atoms with van der Waals surface area (Å²) in [5.41, 5.74) is 1.01. The zero-order valence-corrected chi connectivity index (χ0v) is 13.6. The lowest BCUT2D eigenvalue weighted by Gasteiger charge is -2.18. The second-order valence-electron chi connectivity index (χ2n) is 5.60. The number of carbonyl (C=O) groups excluding carboxylic acids is 1. The zero-order chi connectivity index (χ0) is 15.9. The third-order valence-corrected chi connectivity index (χ3v) is 3.92. The van der Waals surface area contributed by atoms with Crippen molar-refractivity contribution in [2.45, 2.75) is 39.2 Å². The first-order valence-corrected chi connectivity index (χ1v) is 7.90. The number of rotatable bonds is 7. The molecule has 0 aliphatic heterocycles. The van der Waals surface area contributed by atoms with Gasteiger partial charge in [0.25, 0.3) is 0 Å². The van der Waals surface area contributed by atoms with E-state index in [1.54, 1.807) is 7.11 Å². The number of allylic oxidation sites excluding steroid dienone is 2. The molecule has 1 N–H and O–H groups in total. The van der Waals surface area contributed by atoms with Crippen molar-refractivity contribution >= 4 is 5.91 Å². The SMILES string of the molecule is CCOc1ccc([C@@H](C)NC(=O)C[C@H]2C=CCC2)cc1OC. The molecule has 0 aromatic heterocycles. The summed E-state index contributed by atoms with van der Waals surface area (Å²) >= 11 is 0. The van der Waals surface area contributed by atoms with E-state index in [1.165, 1.54) is 0 Å². The van der Waals surface area contributed by atoms with Crippen molar-refractivity contribution < 1.29 is 14.3 Å². The Morgan fingerprint density at radius 3 is 2.86 bits per heavy atom. The molecule has 1 aromatic carbocycles. The molecule has 4 nitrogen and oxygen atoms in total. The van der Waals surface area contributed by atoms with E-state index in [2.05, 4.69) is 17.5 Å². The van der Waals surface area contributed by atoms with Gasteiger partial charge in [0.15, 0.2) is 11.5 Å². The molecule has 1 aliphatic carbocycles. The van der Waals surface area contributed by atoms with E-state index >= 15 is 0 Å². The molecule has 0 radical (unpaired) electrons. The molecule has 0 unspecified atom stereocenters. The second kappa shape index (κ2) is 7.87. The monoisotopic (exact) mass is 303 g/mol. The predicted molar refractivity (Wildman–Crippen MR) is 87.2 cm³/mol. The fourth-order valence-corrected chi connectivity index (χ4v) is 2.72. The summed E-state index contributed by atoms with van der Waals surface area (Å²) in [7, 11) is 1.62. The molecule has 0 heterocycles. The maximum atomic E-state index is 12.1. The molecule has 1 aliphatic rings. The number of hydrogen-bond acceptors (Lipinski definition) is 3. The molecule has 0 spiro atoms. The molecule has 4 heteroatoms. The van der Waals surface area contributed by atoms with E-state index in [-0.39, 0.29) is 11.9 Å². The first-order valence-electron chi connectivity index (χ1n) is 7.90. The first kappa shape index (κ1) is 16.4. The highest BCUT2D eigenvalue weighted by Gasteiger charge is 2.17. The number of methoxy groups -OCH3 is 1. The van der Waals surface area contributed by atoms with Crippen LogP contribution in [0.4, 0.5) is 0 Å². The van der Waals surface area contributed by atoms with Gasteiger partial charge in [-0.25, -0.2) is 0 Å². The number of ether oxygens (including phenoxy) is 2. The van der Waals surface area contributed by atoms with Crippen LogP contribution >= 0.6 is 0 Å². The van der Waals surface area contributed by atoms with Crippen molar-refractivity contribution in [3.63, 3.8) is 0 Å². The Hall–Kier alpha value is -1.97. The van der Waals surface area contributed by atoms with Crippen LogP contribution in [0.1, 0.15) is 44.7 Å². The van der Waals surface area contributed by atoms with E-state index in [0.717, 1.165) is 24.2 Å². The van der Waals surface area contributed by atoms with Gasteiger partial charge in [0.2, 0.25) is 5.91 Å². The van der Waals surface area contributed by atoms with Gasteiger partial charge in [0.1, 0.15) is 0 Å². The van der Waals surface area contributed by atoms with E-state index in [9.17, 15) is 4.79 Å². The highest BCUT2D eigenvalue weighted by atomic mass is 16.5. The Kier molecular flexibility index (Phi) is 5.87. The average Bonchev–Trinajstić information content (AvgIpc) is 3.00. The molecule has 1 aromatic rings. The number of amides is 1. The first-order chi connectivity index (χ1) is 10.6. The summed E-state index contributed by atoms with van der Waals surface area (Å²) < 4.78 is 10.9. The summed E-state index contributed by atoms with van der Waals surface area (Å²) in [5, 5.41) is 3.06. The van der Waals surface area contributed by atoms with Crippen molar-refractivity contribution in [1.82, 2.24) is 5.32 Å². The molecule has 0 bridgehead atoms. The molecule has 22 heavy (non-hydrogen) atoms. The summed E-state index contributed by atoms with van der Waals surface area (Å²) in [6.45, 7) is 4.52. The third kappa shape index (κ3) is 4.26. The number of benzene rings is 1. The second-order valence-corrected chi connectivity index (χ2v) is 5.60. The Bertz CT molecular complexity index is 539. The van der Waals surface area contributed by atoms with Crippen LogP contribution in [-0.4, -0.2) is 19.6 Å². The standard InChI is InChI=1S/C18H25NO3/c1-4-22-16-10-9-15(12-17(16)21-3)13(2)19-18(20)11-14-7-5-6-8-14/h5,7,9-10,12-14H,4,6,8,11H2,1-3H3,(H,19,20)/t13-,14+/m1/s1. The zero-order valence-electron chi connectivity index (χ0n) is 13.6. The lowest BCUT2D eigenvalue weighted by molar-refractivity contribution is -0.122. The molecule has 2 atom stereocenters. The Balaban J connectivity index is 1.97. The third-order valence-electron chi connectivity index (χ3n) is 3.92. The largest absolute Gasteiger partial charge is 0.493 e. The predicted octanol–water partition coefficient (Wildman–Crippen LogP) is 3.63. The molecule has 0 saturated heterocycles. The van der Waals surface area contributed by atoms with Crippen LogP contribution in [0.2, 0.25) is 0 Å². The van der Waals surface area contributed by atoms with Crippen LogP contribution in [0, 0.1) is 5.92 Å². The highest BCUT2D eigenvalue weighted by molar-refractivity contribution is 5.77. The lowest BCUT2D eigenvalue weighted by Crippen LogP contribution is -2.27.